The van der Waals surface area contributed by atoms with E-state index in [1.165, 1.54) is 38.4 Å². The van der Waals surface area contributed by atoms with Gasteiger partial charge in [-0.1, -0.05) is 24.6 Å². The van der Waals surface area contributed by atoms with Crippen LogP contribution < -0.4 is 5.32 Å². The van der Waals surface area contributed by atoms with Crippen LogP contribution in [-0.2, 0) is 6.54 Å². The van der Waals surface area contributed by atoms with Crippen molar-refractivity contribution in [3.8, 4) is 0 Å². The molecule has 18 heavy (non-hydrogen) atoms. The lowest BCUT2D eigenvalue weighted by Gasteiger charge is -2.29. The predicted octanol–water partition coefficient (Wildman–Crippen LogP) is 2.79. The lowest BCUT2D eigenvalue weighted by Crippen LogP contribution is -2.41. The summed E-state index contributed by atoms with van der Waals surface area (Å²) in [5.74, 6) is -0.116. The van der Waals surface area contributed by atoms with Gasteiger partial charge in [0.15, 0.2) is 0 Å². The van der Waals surface area contributed by atoms with Crippen molar-refractivity contribution in [3.05, 3.63) is 35.6 Å². The fraction of sp³-hybridized carbons (Fsp3) is 0.600. The molecule has 1 N–H and O–H groups in total. The molecule has 1 aromatic rings. The van der Waals surface area contributed by atoms with Crippen molar-refractivity contribution in [2.24, 2.45) is 0 Å². The van der Waals surface area contributed by atoms with Crippen LogP contribution in [0.1, 0.15) is 31.7 Å². The van der Waals surface area contributed by atoms with Gasteiger partial charge in [-0.05, 0) is 38.9 Å². The van der Waals surface area contributed by atoms with Crippen molar-refractivity contribution in [1.82, 2.24) is 10.2 Å². The molecule has 1 heterocycles. The molecule has 3 heteroatoms. The summed E-state index contributed by atoms with van der Waals surface area (Å²) in [7, 11) is 0. The Morgan fingerprint density at radius 3 is 2.67 bits per heavy atom. The van der Waals surface area contributed by atoms with Gasteiger partial charge >= 0.3 is 0 Å². The summed E-state index contributed by atoms with van der Waals surface area (Å²) < 4.78 is 13.4. The molecule has 0 aromatic heterocycles. The second kappa shape index (κ2) is 6.86. The minimum atomic E-state index is -0.116. The SMILES string of the molecule is CC(CN1CCCCC1)NCc1ccccc1F. The molecule has 0 bridgehead atoms. The van der Waals surface area contributed by atoms with Crippen LogP contribution in [0, 0.1) is 5.82 Å². The number of benzene rings is 1. The maximum absolute atomic E-state index is 13.4. The van der Waals surface area contributed by atoms with Gasteiger partial charge < -0.3 is 10.2 Å². The fourth-order valence-electron chi connectivity index (χ4n) is 2.52. The van der Waals surface area contributed by atoms with Gasteiger partial charge in [0.05, 0.1) is 0 Å². The van der Waals surface area contributed by atoms with Crippen molar-refractivity contribution < 1.29 is 4.39 Å². The second-order valence-electron chi connectivity index (χ2n) is 5.23. The van der Waals surface area contributed by atoms with E-state index in [9.17, 15) is 4.39 Å². The lowest BCUT2D eigenvalue weighted by molar-refractivity contribution is 0.208. The molecule has 2 rings (SSSR count). The van der Waals surface area contributed by atoms with E-state index >= 15 is 0 Å². The van der Waals surface area contributed by atoms with Gasteiger partial charge in [-0.3, -0.25) is 0 Å². The first kappa shape index (κ1) is 13.5. The quantitative estimate of drug-likeness (QED) is 0.864. The van der Waals surface area contributed by atoms with Gasteiger partial charge in [-0.25, -0.2) is 4.39 Å². The zero-order chi connectivity index (χ0) is 12.8. The number of hydrogen-bond donors (Lipinski definition) is 1. The zero-order valence-corrected chi connectivity index (χ0v) is 11.2. The number of hydrogen-bond acceptors (Lipinski definition) is 2. The van der Waals surface area contributed by atoms with Crippen LogP contribution in [-0.4, -0.2) is 30.6 Å². The summed E-state index contributed by atoms with van der Waals surface area (Å²) >= 11 is 0. The average molecular weight is 250 g/mol. The maximum atomic E-state index is 13.4. The third kappa shape index (κ3) is 4.07. The number of likely N-dealkylation sites (tertiary alicyclic amines) is 1. The molecular weight excluding hydrogens is 227 g/mol. The molecule has 1 unspecified atom stereocenters. The Bertz CT molecular complexity index is 361. The van der Waals surface area contributed by atoms with Crippen molar-refractivity contribution >= 4 is 0 Å². The first-order valence-corrected chi connectivity index (χ1v) is 6.95. The summed E-state index contributed by atoms with van der Waals surface area (Å²) in [4.78, 5) is 2.50. The summed E-state index contributed by atoms with van der Waals surface area (Å²) in [6.07, 6.45) is 4.01. The van der Waals surface area contributed by atoms with Crippen LogP contribution in [0.4, 0.5) is 4.39 Å². The summed E-state index contributed by atoms with van der Waals surface area (Å²) in [6.45, 7) is 6.28. The Labute approximate surface area is 109 Å². The van der Waals surface area contributed by atoms with Gasteiger partial charge in [-0.15, -0.1) is 0 Å². The van der Waals surface area contributed by atoms with E-state index in [4.69, 9.17) is 0 Å². The molecule has 1 fully saturated rings. The Balaban J connectivity index is 1.74. The Morgan fingerprint density at radius 2 is 1.94 bits per heavy atom. The predicted molar refractivity (Wildman–Crippen MR) is 73.0 cm³/mol. The molecule has 0 saturated carbocycles. The molecule has 2 nitrogen and oxygen atoms in total. The van der Waals surface area contributed by atoms with Crippen molar-refractivity contribution in [2.75, 3.05) is 19.6 Å². The minimum Gasteiger partial charge on any atom is -0.309 e. The molecule has 1 atom stereocenters. The average Bonchev–Trinajstić information content (AvgIpc) is 2.39. The summed E-state index contributed by atoms with van der Waals surface area (Å²) in [5.41, 5.74) is 0.753. The topological polar surface area (TPSA) is 15.3 Å². The van der Waals surface area contributed by atoms with Crippen LogP contribution in [0.15, 0.2) is 24.3 Å². The van der Waals surface area contributed by atoms with E-state index < -0.39 is 0 Å². The number of halogens is 1. The Kier molecular flexibility index (Phi) is 5.14. The van der Waals surface area contributed by atoms with Crippen LogP contribution in [0.25, 0.3) is 0 Å². The van der Waals surface area contributed by atoms with Crippen LogP contribution in [0.2, 0.25) is 0 Å². The second-order valence-corrected chi connectivity index (χ2v) is 5.23. The Hall–Kier alpha value is -0.930. The van der Waals surface area contributed by atoms with Crippen molar-refractivity contribution in [2.45, 2.75) is 38.8 Å². The van der Waals surface area contributed by atoms with Gasteiger partial charge in [0.1, 0.15) is 5.82 Å². The molecule has 0 amide bonds. The third-order valence-corrected chi connectivity index (χ3v) is 3.58. The van der Waals surface area contributed by atoms with E-state index in [1.54, 1.807) is 6.07 Å². The molecule has 1 aliphatic rings. The van der Waals surface area contributed by atoms with Crippen molar-refractivity contribution in [1.29, 1.82) is 0 Å². The molecule has 0 radical (unpaired) electrons. The molecule has 0 spiro atoms. The molecule has 100 valence electrons. The Morgan fingerprint density at radius 1 is 1.22 bits per heavy atom. The first-order valence-electron chi connectivity index (χ1n) is 6.95. The largest absolute Gasteiger partial charge is 0.309 e. The van der Waals surface area contributed by atoms with Gasteiger partial charge in [0, 0.05) is 24.7 Å². The summed E-state index contributed by atoms with van der Waals surface area (Å²) in [6, 6.07) is 7.39. The smallest absolute Gasteiger partial charge is 0.127 e. The monoisotopic (exact) mass is 250 g/mol. The van der Waals surface area contributed by atoms with Gasteiger partial charge in [0.2, 0.25) is 0 Å². The number of nitrogens with zero attached hydrogens (tertiary/aromatic N) is 1. The number of rotatable bonds is 5. The van der Waals surface area contributed by atoms with Crippen LogP contribution >= 0.6 is 0 Å². The van der Waals surface area contributed by atoms with E-state index in [-0.39, 0.29) is 5.82 Å². The molecule has 1 aromatic carbocycles. The lowest BCUT2D eigenvalue weighted by atomic mass is 10.1. The number of piperidine rings is 1. The highest BCUT2D eigenvalue weighted by atomic mass is 19.1. The third-order valence-electron chi connectivity index (χ3n) is 3.58. The fourth-order valence-corrected chi connectivity index (χ4v) is 2.52. The molecule has 0 aliphatic carbocycles. The highest BCUT2D eigenvalue weighted by molar-refractivity contribution is 5.16. The van der Waals surface area contributed by atoms with Crippen LogP contribution in [0.3, 0.4) is 0 Å². The standard InChI is InChI=1S/C15H23FN2/c1-13(12-18-9-5-2-6-10-18)17-11-14-7-3-4-8-15(14)16/h3-4,7-8,13,17H,2,5-6,9-12H2,1H3. The zero-order valence-electron chi connectivity index (χ0n) is 11.2. The number of nitrogens with one attached hydrogen (secondary N) is 1. The normalized spacial score (nSPS) is 18.8. The van der Waals surface area contributed by atoms with Crippen molar-refractivity contribution in [3.63, 3.8) is 0 Å². The van der Waals surface area contributed by atoms with E-state index in [2.05, 4.69) is 17.1 Å². The summed E-state index contributed by atoms with van der Waals surface area (Å²) in [5, 5.41) is 3.41. The van der Waals surface area contributed by atoms with Gasteiger partial charge in [-0.2, -0.15) is 0 Å². The minimum absolute atomic E-state index is 0.116. The van der Waals surface area contributed by atoms with E-state index in [1.807, 2.05) is 12.1 Å². The van der Waals surface area contributed by atoms with E-state index in [0.29, 0.717) is 12.6 Å². The maximum Gasteiger partial charge on any atom is 0.127 e. The molecular formula is C15H23FN2. The highest BCUT2D eigenvalue weighted by Crippen LogP contribution is 2.10. The highest BCUT2D eigenvalue weighted by Gasteiger charge is 2.13. The van der Waals surface area contributed by atoms with Crippen LogP contribution in [0.5, 0.6) is 0 Å². The first-order chi connectivity index (χ1) is 8.75. The molecule has 1 saturated heterocycles. The molecule has 1 aliphatic heterocycles. The van der Waals surface area contributed by atoms with Gasteiger partial charge in [0.25, 0.3) is 0 Å². The van der Waals surface area contributed by atoms with E-state index in [0.717, 1.165) is 12.1 Å².